The fraction of sp³-hybridized carbons (Fsp3) is 0.381. The van der Waals surface area contributed by atoms with Crippen LogP contribution in [0.4, 0.5) is 0 Å². The molecule has 4 heteroatoms. The van der Waals surface area contributed by atoms with E-state index in [0.29, 0.717) is 17.9 Å². The van der Waals surface area contributed by atoms with Crippen molar-refractivity contribution in [2.75, 3.05) is 26.7 Å². The van der Waals surface area contributed by atoms with Crippen LogP contribution in [0.15, 0.2) is 54.6 Å². The topological polar surface area (TPSA) is 50.4 Å². The molecular weight excluding hydrogens is 312 g/mol. The smallest absolute Gasteiger partial charge is 0.255 e. The minimum Gasteiger partial charge on any atom is -0.496 e. The molecule has 1 fully saturated rings. The highest BCUT2D eigenvalue weighted by Gasteiger charge is 2.32. The molecule has 0 aliphatic carbocycles. The largest absolute Gasteiger partial charge is 0.496 e. The predicted octanol–water partition coefficient (Wildman–Crippen LogP) is 3.04. The molecule has 2 aromatic carbocycles. The minimum absolute atomic E-state index is 0.0663. The maximum Gasteiger partial charge on any atom is 0.255 e. The van der Waals surface area contributed by atoms with Crippen LogP contribution in [-0.2, 0) is 6.42 Å². The first-order chi connectivity index (χ1) is 12.2. The highest BCUT2D eigenvalue weighted by atomic mass is 16.5. The van der Waals surface area contributed by atoms with E-state index < -0.39 is 0 Å². The number of amides is 1. The van der Waals surface area contributed by atoms with E-state index in [2.05, 4.69) is 34.9 Å². The fourth-order valence-electron chi connectivity index (χ4n) is 3.60. The second-order valence-electron chi connectivity index (χ2n) is 6.80. The van der Waals surface area contributed by atoms with Gasteiger partial charge in [-0.05, 0) is 55.5 Å². The molecule has 2 N–H and O–H groups in total. The number of methoxy groups -OCH3 is 1. The Kier molecular flexibility index (Phi) is 5.71. The lowest BCUT2D eigenvalue weighted by Gasteiger charge is -2.38. The van der Waals surface area contributed by atoms with Crippen LogP contribution in [0, 0.1) is 5.41 Å². The van der Waals surface area contributed by atoms with E-state index in [4.69, 9.17) is 4.74 Å². The summed E-state index contributed by atoms with van der Waals surface area (Å²) in [6.07, 6.45) is 3.12. The van der Waals surface area contributed by atoms with Gasteiger partial charge in [0, 0.05) is 6.54 Å². The molecule has 0 spiro atoms. The summed E-state index contributed by atoms with van der Waals surface area (Å²) in [5.41, 5.74) is 2.02. The molecule has 4 nitrogen and oxygen atoms in total. The zero-order valence-electron chi connectivity index (χ0n) is 14.8. The summed E-state index contributed by atoms with van der Waals surface area (Å²) in [6.45, 7) is 2.68. The average molecular weight is 338 g/mol. The quantitative estimate of drug-likeness (QED) is 0.851. The zero-order chi connectivity index (χ0) is 17.5. The third-order valence-corrected chi connectivity index (χ3v) is 5.06. The van der Waals surface area contributed by atoms with Gasteiger partial charge in [-0.3, -0.25) is 4.79 Å². The van der Waals surface area contributed by atoms with Gasteiger partial charge in [0.1, 0.15) is 5.75 Å². The molecule has 0 saturated carbocycles. The van der Waals surface area contributed by atoms with Gasteiger partial charge >= 0.3 is 0 Å². The number of carbonyl (C=O) groups is 1. The molecule has 2 aromatic rings. The summed E-state index contributed by atoms with van der Waals surface area (Å²) in [4.78, 5) is 12.7. The molecule has 0 unspecified atom stereocenters. The maximum absolute atomic E-state index is 12.7. The molecule has 25 heavy (non-hydrogen) atoms. The van der Waals surface area contributed by atoms with Crippen molar-refractivity contribution in [1.82, 2.24) is 10.6 Å². The molecule has 1 aliphatic heterocycles. The van der Waals surface area contributed by atoms with Gasteiger partial charge in [-0.2, -0.15) is 0 Å². The van der Waals surface area contributed by atoms with E-state index >= 15 is 0 Å². The Bertz CT molecular complexity index is 694. The van der Waals surface area contributed by atoms with Crippen molar-refractivity contribution in [3.8, 4) is 5.75 Å². The standard InChI is InChI=1S/C21H26N2O2/c1-25-19-10-6-5-9-18(19)20(24)23-16-21(11-13-22-14-12-21)15-17-7-3-2-4-8-17/h2-10,22H,11-16H2,1H3,(H,23,24). The van der Waals surface area contributed by atoms with Crippen LogP contribution in [0.2, 0.25) is 0 Å². The lowest BCUT2D eigenvalue weighted by Crippen LogP contribution is -2.46. The molecular formula is C21H26N2O2. The van der Waals surface area contributed by atoms with Gasteiger partial charge in [0.15, 0.2) is 0 Å². The molecule has 1 heterocycles. The summed E-state index contributed by atoms with van der Waals surface area (Å²) in [6, 6.07) is 17.9. The fourth-order valence-corrected chi connectivity index (χ4v) is 3.60. The van der Waals surface area contributed by atoms with Gasteiger partial charge < -0.3 is 15.4 Å². The third-order valence-electron chi connectivity index (χ3n) is 5.06. The Labute approximate surface area is 149 Å². The van der Waals surface area contributed by atoms with E-state index in [1.54, 1.807) is 13.2 Å². The maximum atomic E-state index is 12.7. The van der Waals surface area contributed by atoms with E-state index in [1.807, 2.05) is 24.3 Å². The summed E-state index contributed by atoms with van der Waals surface area (Å²) in [5.74, 6) is 0.547. The van der Waals surface area contributed by atoms with E-state index in [1.165, 1.54) is 5.56 Å². The Morgan fingerprint density at radius 1 is 1.08 bits per heavy atom. The normalized spacial score (nSPS) is 16.2. The van der Waals surface area contributed by atoms with Gasteiger partial charge in [-0.1, -0.05) is 42.5 Å². The Morgan fingerprint density at radius 2 is 1.76 bits per heavy atom. The highest BCUT2D eigenvalue weighted by Crippen LogP contribution is 2.32. The predicted molar refractivity (Wildman–Crippen MR) is 100 cm³/mol. The van der Waals surface area contributed by atoms with Crippen LogP contribution < -0.4 is 15.4 Å². The molecule has 3 rings (SSSR count). The summed E-state index contributed by atoms with van der Waals surface area (Å²) < 4.78 is 5.31. The second-order valence-corrected chi connectivity index (χ2v) is 6.80. The van der Waals surface area contributed by atoms with Crippen molar-refractivity contribution >= 4 is 5.91 Å². The number of nitrogens with one attached hydrogen (secondary N) is 2. The molecule has 0 aromatic heterocycles. The van der Waals surface area contributed by atoms with E-state index in [0.717, 1.165) is 32.4 Å². The van der Waals surface area contributed by atoms with E-state index in [9.17, 15) is 4.79 Å². The first kappa shape index (κ1) is 17.5. The first-order valence-corrected chi connectivity index (χ1v) is 8.88. The van der Waals surface area contributed by atoms with Crippen LogP contribution in [-0.4, -0.2) is 32.7 Å². The van der Waals surface area contributed by atoms with Gasteiger partial charge in [-0.15, -0.1) is 0 Å². The minimum atomic E-state index is -0.0663. The Morgan fingerprint density at radius 3 is 2.48 bits per heavy atom. The van der Waals surface area contributed by atoms with Crippen LogP contribution in [0.5, 0.6) is 5.75 Å². The van der Waals surface area contributed by atoms with Crippen molar-refractivity contribution < 1.29 is 9.53 Å². The highest BCUT2D eigenvalue weighted by molar-refractivity contribution is 5.96. The van der Waals surface area contributed by atoms with Gasteiger partial charge in [0.2, 0.25) is 0 Å². The number of hydrogen-bond donors (Lipinski definition) is 2. The van der Waals surface area contributed by atoms with Crippen LogP contribution >= 0.6 is 0 Å². The molecule has 0 atom stereocenters. The van der Waals surface area contributed by atoms with Crippen molar-refractivity contribution in [3.05, 3.63) is 65.7 Å². The van der Waals surface area contributed by atoms with Crippen LogP contribution in [0.1, 0.15) is 28.8 Å². The van der Waals surface area contributed by atoms with Crippen molar-refractivity contribution in [3.63, 3.8) is 0 Å². The molecule has 1 aliphatic rings. The number of para-hydroxylation sites is 1. The van der Waals surface area contributed by atoms with Crippen molar-refractivity contribution in [2.24, 2.45) is 5.41 Å². The van der Waals surface area contributed by atoms with Crippen molar-refractivity contribution in [2.45, 2.75) is 19.3 Å². The third kappa shape index (κ3) is 4.40. The summed E-state index contributed by atoms with van der Waals surface area (Å²) in [5, 5.41) is 6.59. The molecule has 0 radical (unpaired) electrons. The van der Waals surface area contributed by atoms with E-state index in [-0.39, 0.29) is 11.3 Å². The zero-order valence-corrected chi connectivity index (χ0v) is 14.8. The molecule has 1 amide bonds. The Hall–Kier alpha value is -2.33. The lowest BCUT2D eigenvalue weighted by molar-refractivity contribution is 0.0910. The summed E-state index contributed by atoms with van der Waals surface area (Å²) >= 11 is 0. The van der Waals surface area contributed by atoms with Crippen LogP contribution in [0.25, 0.3) is 0 Å². The van der Waals surface area contributed by atoms with Gasteiger partial charge in [-0.25, -0.2) is 0 Å². The monoisotopic (exact) mass is 338 g/mol. The number of piperidine rings is 1. The molecule has 132 valence electrons. The van der Waals surface area contributed by atoms with Crippen molar-refractivity contribution in [1.29, 1.82) is 0 Å². The SMILES string of the molecule is COc1ccccc1C(=O)NCC1(Cc2ccccc2)CCNCC1. The number of carbonyl (C=O) groups excluding carboxylic acids is 1. The Balaban J connectivity index is 1.71. The second kappa shape index (κ2) is 8.17. The number of hydrogen-bond acceptors (Lipinski definition) is 3. The summed E-state index contributed by atoms with van der Waals surface area (Å²) in [7, 11) is 1.59. The molecule has 1 saturated heterocycles. The van der Waals surface area contributed by atoms with Gasteiger partial charge in [0.05, 0.1) is 12.7 Å². The lowest BCUT2D eigenvalue weighted by atomic mass is 9.74. The van der Waals surface area contributed by atoms with Crippen LogP contribution in [0.3, 0.4) is 0 Å². The number of benzene rings is 2. The number of rotatable bonds is 6. The average Bonchev–Trinajstić information content (AvgIpc) is 2.67. The molecule has 0 bridgehead atoms. The number of ether oxygens (including phenoxy) is 1. The van der Waals surface area contributed by atoms with Gasteiger partial charge in [0.25, 0.3) is 5.91 Å². The first-order valence-electron chi connectivity index (χ1n) is 8.88.